The lowest BCUT2D eigenvalue weighted by molar-refractivity contribution is 0.468. The zero-order chi connectivity index (χ0) is 17.8. The van der Waals surface area contributed by atoms with Crippen molar-refractivity contribution in [2.24, 2.45) is 5.92 Å². The van der Waals surface area contributed by atoms with Crippen LogP contribution in [0.4, 0.5) is 0 Å². The van der Waals surface area contributed by atoms with Crippen molar-refractivity contribution >= 4 is 18.5 Å². The lowest BCUT2D eigenvalue weighted by Gasteiger charge is -2.33. The topological polar surface area (TPSA) is 0 Å². The van der Waals surface area contributed by atoms with Crippen LogP contribution in [-0.4, -0.2) is 5.66 Å². The first-order valence-electron chi connectivity index (χ1n) is 9.79. The lowest BCUT2D eigenvalue weighted by Crippen LogP contribution is -2.27. The van der Waals surface area contributed by atoms with Crippen molar-refractivity contribution in [3.05, 3.63) is 96.6 Å². The summed E-state index contributed by atoms with van der Waals surface area (Å²) in [7, 11) is -0.314. The molecule has 3 unspecified atom stereocenters. The van der Waals surface area contributed by atoms with Gasteiger partial charge in [-0.25, -0.2) is 0 Å². The molecule has 1 aliphatic carbocycles. The molecule has 1 fully saturated rings. The highest BCUT2D eigenvalue weighted by Gasteiger charge is 2.38. The minimum Gasteiger partial charge on any atom is -0.0622 e. The predicted molar refractivity (Wildman–Crippen MR) is 115 cm³/mol. The van der Waals surface area contributed by atoms with Crippen LogP contribution in [0.1, 0.15) is 37.7 Å². The molecular formula is C25H27P. The van der Waals surface area contributed by atoms with E-state index in [9.17, 15) is 0 Å². The minimum atomic E-state index is -0.314. The molecule has 0 aliphatic heterocycles. The molecule has 0 aromatic heterocycles. The summed E-state index contributed by atoms with van der Waals surface area (Å²) in [6.07, 6.45) is 4.08. The first-order chi connectivity index (χ1) is 12.8. The average Bonchev–Trinajstić information content (AvgIpc) is 3.19. The van der Waals surface area contributed by atoms with Crippen molar-refractivity contribution < 1.29 is 0 Å². The van der Waals surface area contributed by atoms with Gasteiger partial charge in [0.15, 0.2) is 0 Å². The largest absolute Gasteiger partial charge is 0.0622 e. The summed E-state index contributed by atoms with van der Waals surface area (Å²) >= 11 is 0. The maximum Gasteiger partial charge on any atom is -0.00947 e. The molecule has 0 radical (unpaired) electrons. The Morgan fingerprint density at radius 1 is 0.692 bits per heavy atom. The standard InChI is InChI=1S/C25H27P/c1-20(21-12-5-2-6-13-21)24-18-11-19-25(24)26(22-14-7-3-8-15-22)23-16-9-4-10-17-23/h2-10,12-17,20,24-25H,11,18-19H2,1H3. The molecular weight excluding hydrogens is 331 g/mol. The fourth-order valence-electron chi connectivity index (χ4n) is 4.59. The molecule has 132 valence electrons. The SMILES string of the molecule is CC(c1ccccc1)C1CCCC1P(c1ccccc1)c1ccccc1. The van der Waals surface area contributed by atoms with Gasteiger partial charge in [-0.15, -0.1) is 0 Å². The molecule has 3 aromatic carbocycles. The quantitative estimate of drug-likeness (QED) is 0.484. The maximum atomic E-state index is 2.45. The molecule has 0 saturated heterocycles. The van der Waals surface area contributed by atoms with E-state index in [1.165, 1.54) is 35.4 Å². The maximum absolute atomic E-state index is 2.45. The molecule has 3 atom stereocenters. The Kier molecular flexibility index (Phi) is 5.51. The van der Waals surface area contributed by atoms with E-state index >= 15 is 0 Å². The van der Waals surface area contributed by atoms with Crippen LogP contribution >= 0.6 is 7.92 Å². The van der Waals surface area contributed by atoms with E-state index in [1.54, 1.807) is 0 Å². The van der Waals surface area contributed by atoms with Gasteiger partial charge in [0.1, 0.15) is 0 Å². The van der Waals surface area contributed by atoms with Gasteiger partial charge in [0.25, 0.3) is 0 Å². The monoisotopic (exact) mass is 358 g/mol. The highest BCUT2D eigenvalue weighted by molar-refractivity contribution is 7.73. The Morgan fingerprint density at radius 3 is 1.73 bits per heavy atom. The molecule has 1 aliphatic rings. The second-order valence-corrected chi connectivity index (χ2v) is 9.84. The Hall–Kier alpha value is -1.91. The van der Waals surface area contributed by atoms with E-state index < -0.39 is 0 Å². The van der Waals surface area contributed by atoms with E-state index in [4.69, 9.17) is 0 Å². The zero-order valence-corrected chi connectivity index (χ0v) is 16.4. The fraction of sp³-hybridized carbons (Fsp3) is 0.280. The van der Waals surface area contributed by atoms with E-state index in [0.717, 1.165) is 11.6 Å². The number of benzene rings is 3. The van der Waals surface area contributed by atoms with Crippen LogP contribution in [0.3, 0.4) is 0 Å². The van der Waals surface area contributed by atoms with Crippen molar-refractivity contribution in [1.29, 1.82) is 0 Å². The van der Waals surface area contributed by atoms with Crippen LogP contribution in [0.15, 0.2) is 91.0 Å². The second kappa shape index (κ2) is 8.19. The molecule has 0 nitrogen and oxygen atoms in total. The third-order valence-corrected chi connectivity index (χ3v) is 8.91. The number of rotatable bonds is 5. The molecule has 0 spiro atoms. The molecule has 0 N–H and O–H groups in total. The van der Waals surface area contributed by atoms with Gasteiger partial charge in [0, 0.05) is 0 Å². The Bertz CT molecular complexity index is 758. The molecule has 0 amide bonds. The van der Waals surface area contributed by atoms with Gasteiger partial charge in [0.05, 0.1) is 0 Å². The molecule has 0 heterocycles. The lowest BCUT2D eigenvalue weighted by atomic mass is 9.86. The summed E-state index contributed by atoms with van der Waals surface area (Å²) in [6, 6.07) is 33.6. The predicted octanol–water partition coefficient (Wildman–Crippen LogP) is 6.09. The Labute approximate surface area is 159 Å². The van der Waals surface area contributed by atoms with E-state index in [0.29, 0.717) is 5.92 Å². The zero-order valence-electron chi connectivity index (χ0n) is 15.5. The van der Waals surface area contributed by atoms with E-state index in [1.807, 2.05) is 0 Å². The summed E-state index contributed by atoms with van der Waals surface area (Å²) < 4.78 is 0. The molecule has 4 rings (SSSR count). The summed E-state index contributed by atoms with van der Waals surface area (Å²) in [5.74, 6) is 1.39. The second-order valence-electron chi connectivity index (χ2n) is 7.40. The number of hydrogen-bond donors (Lipinski definition) is 0. The molecule has 3 aromatic rings. The van der Waals surface area contributed by atoms with Crippen LogP contribution in [0.5, 0.6) is 0 Å². The summed E-state index contributed by atoms with van der Waals surface area (Å²) in [4.78, 5) is 0. The van der Waals surface area contributed by atoms with Gasteiger partial charge in [-0.3, -0.25) is 0 Å². The van der Waals surface area contributed by atoms with Gasteiger partial charge in [-0.1, -0.05) is 104 Å². The first kappa shape index (κ1) is 17.5. The van der Waals surface area contributed by atoms with Gasteiger partial charge in [-0.2, -0.15) is 0 Å². The van der Waals surface area contributed by atoms with Crippen molar-refractivity contribution in [2.45, 2.75) is 37.8 Å². The summed E-state index contributed by atoms with van der Waals surface area (Å²) in [5, 5.41) is 3.07. The van der Waals surface area contributed by atoms with Crippen LogP contribution in [-0.2, 0) is 0 Å². The third kappa shape index (κ3) is 3.62. The van der Waals surface area contributed by atoms with Gasteiger partial charge >= 0.3 is 0 Å². The molecule has 1 saturated carbocycles. The van der Waals surface area contributed by atoms with Crippen LogP contribution < -0.4 is 10.6 Å². The van der Waals surface area contributed by atoms with Crippen molar-refractivity contribution in [2.75, 3.05) is 0 Å². The van der Waals surface area contributed by atoms with Gasteiger partial charge in [0.2, 0.25) is 0 Å². The first-order valence-corrected chi connectivity index (χ1v) is 11.2. The highest BCUT2D eigenvalue weighted by Crippen LogP contribution is 2.53. The molecule has 0 bridgehead atoms. The summed E-state index contributed by atoms with van der Waals surface area (Å²) in [5.41, 5.74) is 2.27. The molecule has 26 heavy (non-hydrogen) atoms. The van der Waals surface area contributed by atoms with Gasteiger partial charge < -0.3 is 0 Å². The van der Waals surface area contributed by atoms with E-state index in [2.05, 4.69) is 97.9 Å². The normalized spacial score (nSPS) is 21.0. The fourth-order valence-corrected chi connectivity index (χ4v) is 7.87. The van der Waals surface area contributed by atoms with Crippen molar-refractivity contribution in [1.82, 2.24) is 0 Å². The third-order valence-electron chi connectivity index (χ3n) is 5.90. The van der Waals surface area contributed by atoms with Crippen molar-refractivity contribution in [3.8, 4) is 0 Å². The van der Waals surface area contributed by atoms with Crippen molar-refractivity contribution in [3.63, 3.8) is 0 Å². The van der Waals surface area contributed by atoms with Crippen LogP contribution in [0.25, 0.3) is 0 Å². The van der Waals surface area contributed by atoms with E-state index in [-0.39, 0.29) is 7.92 Å². The van der Waals surface area contributed by atoms with Gasteiger partial charge in [-0.05, 0) is 54.4 Å². The Balaban J connectivity index is 1.71. The Morgan fingerprint density at radius 2 is 1.19 bits per heavy atom. The number of hydrogen-bond acceptors (Lipinski definition) is 0. The molecule has 1 heteroatoms. The van der Waals surface area contributed by atoms with Crippen LogP contribution in [0, 0.1) is 5.92 Å². The van der Waals surface area contributed by atoms with Crippen LogP contribution in [0.2, 0.25) is 0 Å². The average molecular weight is 358 g/mol. The summed E-state index contributed by atoms with van der Waals surface area (Å²) in [6.45, 7) is 2.45. The highest BCUT2D eigenvalue weighted by atomic mass is 31.1. The minimum absolute atomic E-state index is 0.314. The smallest absolute Gasteiger partial charge is 0.00947 e.